The molecular weight excluding hydrogens is 316 g/mol. The van der Waals surface area contributed by atoms with E-state index in [-0.39, 0.29) is 18.4 Å². The van der Waals surface area contributed by atoms with E-state index in [1.807, 2.05) is 42.5 Å². The van der Waals surface area contributed by atoms with Gasteiger partial charge in [-0.25, -0.2) is 0 Å². The molecule has 0 radical (unpaired) electrons. The van der Waals surface area contributed by atoms with Gasteiger partial charge < -0.3 is 14.5 Å². The minimum atomic E-state index is -0.152. The van der Waals surface area contributed by atoms with Crippen LogP contribution in [0.2, 0.25) is 0 Å². The maximum absolute atomic E-state index is 12.5. The Hall–Kier alpha value is -2.66. The molecule has 5 heteroatoms. The Morgan fingerprint density at radius 2 is 1.56 bits per heavy atom. The highest BCUT2D eigenvalue weighted by atomic mass is 16.5. The largest absolute Gasteiger partial charge is 0.378 e. The van der Waals surface area contributed by atoms with Crippen molar-refractivity contribution in [3.05, 3.63) is 60.2 Å². The Labute approximate surface area is 147 Å². The topological polar surface area (TPSA) is 49.9 Å². The van der Waals surface area contributed by atoms with Crippen molar-refractivity contribution in [2.75, 3.05) is 39.9 Å². The van der Waals surface area contributed by atoms with Crippen LogP contribution in [0.1, 0.15) is 10.4 Å². The maximum atomic E-state index is 12.5. The molecule has 1 fully saturated rings. The molecule has 0 bridgehead atoms. The predicted octanol–water partition coefficient (Wildman–Crippen LogP) is 2.28. The summed E-state index contributed by atoms with van der Waals surface area (Å²) in [6, 6.07) is 17.5. The normalized spacial score (nSPS) is 14.2. The summed E-state index contributed by atoms with van der Waals surface area (Å²) in [6.07, 6.45) is 0. The molecule has 1 saturated heterocycles. The highest BCUT2D eigenvalue weighted by Crippen LogP contribution is 2.19. The first kappa shape index (κ1) is 17.2. The second kappa shape index (κ2) is 7.94. The van der Waals surface area contributed by atoms with E-state index in [0.29, 0.717) is 31.9 Å². The summed E-state index contributed by atoms with van der Waals surface area (Å²) < 4.78 is 5.24. The Balaban J connectivity index is 1.62. The van der Waals surface area contributed by atoms with Crippen LogP contribution >= 0.6 is 0 Å². The Morgan fingerprint density at radius 1 is 0.960 bits per heavy atom. The lowest BCUT2D eigenvalue weighted by Gasteiger charge is -2.28. The fourth-order valence-electron chi connectivity index (χ4n) is 2.84. The smallest absolute Gasteiger partial charge is 0.254 e. The number of hydrogen-bond acceptors (Lipinski definition) is 3. The SMILES string of the molecule is CN(CC(=O)N1CCOCC1)C(=O)c1ccc(-c2ccccc2)cc1. The molecule has 2 amide bonds. The lowest BCUT2D eigenvalue weighted by Crippen LogP contribution is -2.46. The number of benzene rings is 2. The summed E-state index contributed by atoms with van der Waals surface area (Å²) in [4.78, 5) is 28.0. The third-order valence-electron chi connectivity index (χ3n) is 4.32. The summed E-state index contributed by atoms with van der Waals surface area (Å²) in [5, 5.41) is 0. The number of carbonyl (C=O) groups is 2. The zero-order chi connectivity index (χ0) is 17.6. The van der Waals surface area contributed by atoms with E-state index in [0.717, 1.165) is 11.1 Å². The van der Waals surface area contributed by atoms with Crippen LogP contribution in [0, 0.1) is 0 Å². The van der Waals surface area contributed by atoms with E-state index >= 15 is 0 Å². The standard InChI is InChI=1S/C20H22N2O3/c1-21(15-19(23)22-11-13-25-14-12-22)20(24)18-9-7-17(8-10-18)16-5-3-2-4-6-16/h2-10H,11-15H2,1H3. The molecule has 2 aromatic carbocycles. The summed E-state index contributed by atoms with van der Waals surface area (Å²) in [5.41, 5.74) is 2.75. The van der Waals surface area contributed by atoms with Crippen molar-refractivity contribution < 1.29 is 14.3 Å². The lowest BCUT2D eigenvalue weighted by atomic mass is 10.0. The quantitative estimate of drug-likeness (QED) is 0.859. The highest BCUT2D eigenvalue weighted by Gasteiger charge is 2.21. The molecule has 1 aliphatic rings. The van der Waals surface area contributed by atoms with Crippen molar-refractivity contribution in [2.24, 2.45) is 0 Å². The van der Waals surface area contributed by atoms with Crippen molar-refractivity contribution in [2.45, 2.75) is 0 Å². The molecule has 3 rings (SSSR count). The minimum absolute atomic E-state index is 0.0416. The third kappa shape index (κ3) is 4.25. The van der Waals surface area contributed by atoms with Crippen LogP contribution < -0.4 is 0 Å². The van der Waals surface area contributed by atoms with Crippen LogP contribution in [-0.2, 0) is 9.53 Å². The first-order valence-electron chi connectivity index (χ1n) is 8.41. The average Bonchev–Trinajstić information content (AvgIpc) is 2.69. The molecular formula is C20H22N2O3. The molecule has 5 nitrogen and oxygen atoms in total. The summed E-state index contributed by atoms with van der Waals surface area (Å²) in [5.74, 6) is -0.193. The number of morpholine rings is 1. The Kier molecular flexibility index (Phi) is 5.46. The number of ether oxygens (including phenoxy) is 1. The monoisotopic (exact) mass is 338 g/mol. The molecule has 0 spiro atoms. The zero-order valence-electron chi connectivity index (χ0n) is 14.4. The fourth-order valence-corrected chi connectivity index (χ4v) is 2.84. The van der Waals surface area contributed by atoms with E-state index < -0.39 is 0 Å². The van der Waals surface area contributed by atoms with Crippen LogP contribution in [0.3, 0.4) is 0 Å². The van der Waals surface area contributed by atoms with Crippen LogP contribution in [0.15, 0.2) is 54.6 Å². The second-order valence-corrected chi connectivity index (χ2v) is 6.10. The minimum Gasteiger partial charge on any atom is -0.378 e. The number of carbonyl (C=O) groups excluding carboxylic acids is 2. The summed E-state index contributed by atoms with van der Waals surface area (Å²) >= 11 is 0. The van der Waals surface area contributed by atoms with Gasteiger partial charge in [0.2, 0.25) is 5.91 Å². The van der Waals surface area contributed by atoms with Gasteiger partial charge in [0.15, 0.2) is 0 Å². The Morgan fingerprint density at radius 3 is 2.20 bits per heavy atom. The van der Waals surface area contributed by atoms with Crippen LogP contribution in [-0.4, -0.2) is 61.5 Å². The van der Waals surface area contributed by atoms with Gasteiger partial charge in [-0.3, -0.25) is 9.59 Å². The molecule has 0 unspecified atom stereocenters. The van der Waals surface area contributed by atoms with Crippen molar-refractivity contribution in [1.82, 2.24) is 9.80 Å². The van der Waals surface area contributed by atoms with E-state index in [9.17, 15) is 9.59 Å². The number of likely N-dealkylation sites (N-methyl/N-ethyl adjacent to an activating group) is 1. The molecule has 0 aromatic heterocycles. The van der Waals surface area contributed by atoms with Gasteiger partial charge in [0.25, 0.3) is 5.91 Å². The Bertz CT molecular complexity index is 722. The van der Waals surface area contributed by atoms with Crippen LogP contribution in [0.25, 0.3) is 11.1 Å². The van der Waals surface area contributed by atoms with Crippen molar-refractivity contribution in [3.8, 4) is 11.1 Å². The molecule has 0 saturated carbocycles. The van der Waals surface area contributed by atoms with Crippen molar-refractivity contribution in [3.63, 3.8) is 0 Å². The van der Waals surface area contributed by atoms with E-state index in [1.54, 1.807) is 24.1 Å². The molecule has 0 aliphatic carbocycles. The fraction of sp³-hybridized carbons (Fsp3) is 0.300. The predicted molar refractivity (Wildman–Crippen MR) is 96.2 cm³/mol. The zero-order valence-corrected chi connectivity index (χ0v) is 14.4. The molecule has 2 aromatic rings. The highest BCUT2D eigenvalue weighted by molar-refractivity contribution is 5.96. The number of rotatable bonds is 4. The maximum Gasteiger partial charge on any atom is 0.254 e. The molecule has 25 heavy (non-hydrogen) atoms. The van der Waals surface area contributed by atoms with Gasteiger partial charge in [0.1, 0.15) is 0 Å². The number of hydrogen-bond donors (Lipinski definition) is 0. The van der Waals surface area contributed by atoms with Gasteiger partial charge in [-0.05, 0) is 23.3 Å². The van der Waals surface area contributed by atoms with Crippen molar-refractivity contribution in [1.29, 1.82) is 0 Å². The molecule has 0 atom stereocenters. The molecule has 0 N–H and O–H groups in total. The van der Waals surface area contributed by atoms with Gasteiger partial charge >= 0.3 is 0 Å². The number of amides is 2. The first-order valence-corrected chi connectivity index (χ1v) is 8.41. The van der Waals surface area contributed by atoms with Crippen molar-refractivity contribution >= 4 is 11.8 Å². The van der Waals surface area contributed by atoms with Crippen LogP contribution in [0.5, 0.6) is 0 Å². The lowest BCUT2D eigenvalue weighted by molar-refractivity contribution is -0.135. The molecule has 1 heterocycles. The second-order valence-electron chi connectivity index (χ2n) is 6.10. The number of nitrogens with zero attached hydrogens (tertiary/aromatic N) is 2. The van der Waals surface area contributed by atoms with Gasteiger partial charge in [0.05, 0.1) is 19.8 Å². The average molecular weight is 338 g/mol. The van der Waals surface area contributed by atoms with Gasteiger partial charge in [-0.1, -0.05) is 42.5 Å². The molecule has 130 valence electrons. The van der Waals surface area contributed by atoms with Crippen LogP contribution in [0.4, 0.5) is 0 Å². The van der Waals surface area contributed by atoms with Gasteiger partial charge in [-0.15, -0.1) is 0 Å². The molecule has 1 aliphatic heterocycles. The summed E-state index contributed by atoms with van der Waals surface area (Å²) in [6.45, 7) is 2.38. The van der Waals surface area contributed by atoms with Gasteiger partial charge in [-0.2, -0.15) is 0 Å². The van der Waals surface area contributed by atoms with E-state index in [1.165, 1.54) is 4.90 Å². The summed E-state index contributed by atoms with van der Waals surface area (Å²) in [7, 11) is 1.66. The van der Waals surface area contributed by atoms with E-state index in [2.05, 4.69) is 0 Å². The van der Waals surface area contributed by atoms with E-state index in [4.69, 9.17) is 4.74 Å². The first-order chi connectivity index (χ1) is 12.1. The third-order valence-corrected chi connectivity index (χ3v) is 4.32. The van der Waals surface area contributed by atoms with Gasteiger partial charge in [0, 0.05) is 25.7 Å².